The molecule has 16 heteroatoms. The monoisotopic (exact) mass is 734 g/mol. The third-order valence-corrected chi connectivity index (χ3v) is 6.55. The fourth-order valence-corrected chi connectivity index (χ4v) is 4.29. The molecule has 0 saturated carbocycles. The van der Waals surface area contributed by atoms with Gasteiger partial charge in [-0.2, -0.15) is 0 Å². The van der Waals surface area contributed by atoms with E-state index in [0.29, 0.717) is 5.56 Å². The van der Waals surface area contributed by atoms with Gasteiger partial charge in [0.1, 0.15) is 18.7 Å². The molecule has 0 saturated heterocycles. The number of aliphatic carboxylic acids is 1. The Morgan fingerprint density at radius 2 is 1.37 bits per heavy atom. The lowest BCUT2D eigenvalue weighted by Gasteiger charge is -2.23. The molecule has 0 fully saturated rings. The van der Waals surface area contributed by atoms with E-state index in [1.165, 1.54) is 18.6 Å². The van der Waals surface area contributed by atoms with Crippen LogP contribution in [0.25, 0.3) is 0 Å². The van der Waals surface area contributed by atoms with Crippen molar-refractivity contribution in [1.82, 2.24) is 21.3 Å². The molecule has 0 aromatic heterocycles. The lowest BCUT2D eigenvalue weighted by molar-refractivity contribution is -0.145. The van der Waals surface area contributed by atoms with Crippen LogP contribution in [-0.2, 0) is 49.9 Å². The zero-order valence-corrected chi connectivity index (χ0v) is 30.7. The van der Waals surface area contributed by atoms with Gasteiger partial charge in [-0.1, -0.05) is 101 Å². The lowest BCUT2D eigenvalue weighted by Crippen LogP contribution is -2.52. The fraction of sp³-hybridized carbons (Fsp3) is 0.429. The van der Waals surface area contributed by atoms with Crippen molar-refractivity contribution in [3.63, 3.8) is 0 Å². The molecule has 0 heterocycles. The number of rotatable bonds is 17. The number of sulfone groups is 1. The third kappa shape index (κ3) is 21.4. The van der Waals surface area contributed by atoms with E-state index in [1.54, 1.807) is 55.5 Å². The van der Waals surface area contributed by atoms with E-state index in [1.807, 2.05) is 13.8 Å². The number of alkyl carbamates (subject to hydrolysis) is 1. The number of hydrogen-bond donors (Lipinski definition) is 5. The van der Waals surface area contributed by atoms with Gasteiger partial charge in [-0.15, -0.1) is 0 Å². The molecule has 5 N–H and O–H groups in total. The van der Waals surface area contributed by atoms with Crippen molar-refractivity contribution in [1.29, 1.82) is 0 Å². The minimum Gasteiger partial charge on any atom is -0.481 e. The Kier molecular flexibility index (Phi) is 23.0. The van der Waals surface area contributed by atoms with Crippen LogP contribution in [0.4, 0.5) is 4.79 Å². The second-order valence-electron chi connectivity index (χ2n) is 10.5. The number of nitrogens with one attached hydrogen (secondary N) is 4. The second kappa shape index (κ2) is 25.7. The lowest BCUT2D eigenvalue weighted by atomic mass is 10.0. The maximum absolute atomic E-state index is 13.4. The van der Waals surface area contributed by atoms with Crippen molar-refractivity contribution in [2.75, 3.05) is 19.4 Å². The van der Waals surface area contributed by atoms with Gasteiger partial charge in [-0.25, -0.2) is 13.2 Å². The minimum absolute atomic E-state index is 0.0140. The Morgan fingerprint density at radius 3 is 1.90 bits per heavy atom. The van der Waals surface area contributed by atoms with Crippen molar-refractivity contribution in [3.05, 3.63) is 83.3 Å². The van der Waals surface area contributed by atoms with Gasteiger partial charge in [-0.3, -0.25) is 24.0 Å². The summed E-state index contributed by atoms with van der Waals surface area (Å²) in [5.74, 6) is -4.76. The van der Waals surface area contributed by atoms with Gasteiger partial charge in [-0.05, 0) is 18.1 Å². The summed E-state index contributed by atoms with van der Waals surface area (Å²) in [7, 11) is -3.61. The highest BCUT2D eigenvalue weighted by Gasteiger charge is 2.30. The zero-order valence-electron chi connectivity index (χ0n) is 29.8. The zero-order chi connectivity index (χ0) is 38.8. The smallest absolute Gasteiger partial charge is 0.408 e. The predicted octanol–water partition coefficient (Wildman–Crippen LogP) is 3.17. The van der Waals surface area contributed by atoms with Crippen LogP contribution in [0.3, 0.4) is 0 Å². The van der Waals surface area contributed by atoms with Gasteiger partial charge in [0.15, 0.2) is 9.84 Å². The van der Waals surface area contributed by atoms with Crippen LogP contribution >= 0.6 is 0 Å². The summed E-state index contributed by atoms with van der Waals surface area (Å²) in [4.78, 5) is 75.0. The van der Waals surface area contributed by atoms with Crippen molar-refractivity contribution in [2.24, 2.45) is 0 Å². The number of ether oxygens (including phenoxy) is 2. The molecule has 51 heavy (non-hydrogen) atoms. The standard InChI is InChI=1S/C30H36N4O11S.C3H8.C2H6/c1-3-44-26(38)17-23(33-30(41)45-19-20-10-6-4-7-11-20)28(39)34-27(21-12-8-5-9-13-21)29(40)31-18-24(35)32-22(16-25(36)37)14-15-46(2,42)43;1-3-2;1-2/h4-15,22-23,27H,3,16-19H2,1-2H3,(H,31,40)(H,32,35)(H,33,41)(H,34,39)(H,36,37);3H2,1-2H3;1-2H3/b15-14+;;/t22-,23+,27+;;/m1../s1. The summed E-state index contributed by atoms with van der Waals surface area (Å²) >= 11 is 0. The van der Waals surface area contributed by atoms with E-state index < -0.39 is 83.1 Å². The first-order chi connectivity index (χ1) is 24.2. The molecular formula is C35H50N4O11S. The highest BCUT2D eigenvalue weighted by molar-refractivity contribution is 7.93. The minimum atomic E-state index is -3.61. The fourth-order valence-electron chi connectivity index (χ4n) is 3.81. The predicted molar refractivity (Wildman–Crippen MR) is 191 cm³/mol. The third-order valence-electron chi connectivity index (χ3n) is 5.90. The molecule has 15 nitrogen and oxygen atoms in total. The summed E-state index contributed by atoms with van der Waals surface area (Å²) in [6, 6.07) is 12.5. The Hall–Kier alpha value is -5.25. The highest BCUT2D eigenvalue weighted by Crippen LogP contribution is 2.14. The van der Waals surface area contributed by atoms with Gasteiger partial charge in [0.2, 0.25) is 17.7 Å². The average molecular weight is 735 g/mol. The first kappa shape index (κ1) is 45.8. The van der Waals surface area contributed by atoms with Gasteiger partial charge < -0.3 is 35.8 Å². The molecular weight excluding hydrogens is 684 g/mol. The first-order valence-corrected chi connectivity index (χ1v) is 18.3. The van der Waals surface area contributed by atoms with E-state index in [-0.39, 0.29) is 18.8 Å². The molecule has 2 aromatic carbocycles. The van der Waals surface area contributed by atoms with Crippen LogP contribution in [0.2, 0.25) is 0 Å². The number of esters is 1. The molecule has 0 aliphatic carbocycles. The molecule has 0 aliphatic rings. The van der Waals surface area contributed by atoms with Crippen molar-refractivity contribution in [3.8, 4) is 0 Å². The van der Waals surface area contributed by atoms with Gasteiger partial charge in [0, 0.05) is 11.7 Å². The quantitative estimate of drug-likeness (QED) is 0.149. The molecule has 0 unspecified atom stereocenters. The first-order valence-electron chi connectivity index (χ1n) is 16.3. The molecule has 0 radical (unpaired) electrons. The topological polar surface area (TPSA) is 223 Å². The van der Waals surface area contributed by atoms with Crippen LogP contribution in [0.1, 0.15) is 71.0 Å². The molecule has 2 rings (SSSR count). The Balaban J connectivity index is 0.00000473. The highest BCUT2D eigenvalue weighted by atomic mass is 32.2. The van der Waals surface area contributed by atoms with Gasteiger partial charge in [0.25, 0.3) is 0 Å². The van der Waals surface area contributed by atoms with Crippen LogP contribution in [0.15, 0.2) is 72.1 Å². The van der Waals surface area contributed by atoms with Gasteiger partial charge >= 0.3 is 18.0 Å². The maximum Gasteiger partial charge on any atom is 0.408 e. The molecule has 0 spiro atoms. The number of hydrogen-bond acceptors (Lipinski definition) is 10. The van der Waals surface area contributed by atoms with Crippen molar-refractivity contribution in [2.45, 2.75) is 78.6 Å². The van der Waals surface area contributed by atoms with E-state index in [0.717, 1.165) is 17.7 Å². The molecule has 3 atom stereocenters. The molecule has 0 aliphatic heterocycles. The Bertz CT molecular complexity index is 1520. The number of carboxylic acids is 1. The normalized spacial score (nSPS) is 12.2. The van der Waals surface area contributed by atoms with Crippen LogP contribution in [-0.4, -0.2) is 80.8 Å². The summed E-state index contributed by atoms with van der Waals surface area (Å²) < 4.78 is 32.9. The molecule has 2 aromatic rings. The maximum atomic E-state index is 13.4. The summed E-state index contributed by atoms with van der Waals surface area (Å²) in [6.45, 7) is 9.04. The number of carbonyl (C=O) groups excluding carboxylic acids is 5. The van der Waals surface area contributed by atoms with E-state index >= 15 is 0 Å². The number of amides is 4. The number of benzene rings is 2. The van der Waals surface area contributed by atoms with E-state index in [9.17, 15) is 37.2 Å². The van der Waals surface area contributed by atoms with Crippen LogP contribution in [0.5, 0.6) is 0 Å². The summed E-state index contributed by atoms with van der Waals surface area (Å²) in [5.41, 5.74) is 0.963. The van der Waals surface area contributed by atoms with Crippen LogP contribution < -0.4 is 21.3 Å². The molecule has 0 bridgehead atoms. The number of carboxylic acid groups (broad SMARTS) is 1. The largest absolute Gasteiger partial charge is 0.481 e. The molecule has 4 amide bonds. The SMILES string of the molecule is CC.CCC.CCOC(=O)C[C@H](NC(=O)OCc1ccccc1)C(=O)N[C@H](C(=O)NCC(=O)N[C@H](/C=C/S(C)(=O)=O)CC(=O)O)c1ccccc1. The van der Waals surface area contributed by atoms with E-state index in [4.69, 9.17) is 14.6 Å². The van der Waals surface area contributed by atoms with Crippen molar-refractivity contribution >= 4 is 45.6 Å². The number of carbonyl (C=O) groups is 6. The Labute approximate surface area is 299 Å². The summed E-state index contributed by atoms with van der Waals surface area (Å²) in [5, 5.41) is 19.3. The van der Waals surface area contributed by atoms with E-state index in [2.05, 4.69) is 35.1 Å². The van der Waals surface area contributed by atoms with Crippen LogP contribution in [0, 0.1) is 0 Å². The summed E-state index contributed by atoms with van der Waals surface area (Å²) in [6.07, 6.45) is 0.917. The van der Waals surface area contributed by atoms with Gasteiger partial charge in [0.05, 0.1) is 32.0 Å². The molecule has 282 valence electrons. The Morgan fingerprint density at radius 1 is 0.804 bits per heavy atom. The van der Waals surface area contributed by atoms with Crippen molar-refractivity contribution < 1.29 is 51.8 Å². The average Bonchev–Trinajstić information content (AvgIpc) is 3.09. The second-order valence-corrected chi connectivity index (χ2v) is 12.4.